The molecular weight excluding hydrogens is 274 g/mol. The van der Waals surface area contributed by atoms with Gasteiger partial charge in [-0.05, 0) is 43.7 Å². The molecule has 106 valence electrons. The Bertz CT molecular complexity index is 700. The zero-order valence-electron chi connectivity index (χ0n) is 11.4. The third kappa shape index (κ3) is 3.15. The van der Waals surface area contributed by atoms with Gasteiger partial charge in [-0.25, -0.2) is 13.1 Å². The summed E-state index contributed by atoms with van der Waals surface area (Å²) in [6, 6.07) is 9.80. The molecule has 0 aliphatic rings. The van der Waals surface area contributed by atoms with Crippen LogP contribution in [0.15, 0.2) is 47.5 Å². The van der Waals surface area contributed by atoms with Crippen molar-refractivity contribution in [1.82, 2.24) is 9.71 Å². The van der Waals surface area contributed by atoms with Crippen LogP contribution in [0.2, 0.25) is 0 Å². The fourth-order valence-electron chi connectivity index (χ4n) is 1.90. The summed E-state index contributed by atoms with van der Waals surface area (Å²) >= 11 is 0. The molecule has 0 aliphatic heterocycles. The van der Waals surface area contributed by atoms with Crippen molar-refractivity contribution >= 4 is 15.7 Å². The molecule has 1 heterocycles. The number of hydrogen-bond acceptors (Lipinski definition) is 4. The Hall–Kier alpha value is -1.92. The minimum absolute atomic E-state index is 0.0888. The summed E-state index contributed by atoms with van der Waals surface area (Å²) < 4.78 is 27.2. The van der Waals surface area contributed by atoms with E-state index >= 15 is 0 Å². The molecule has 20 heavy (non-hydrogen) atoms. The first kappa shape index (κ1) is 14.5. The standard InChI is InChI=1S/C14H17N3O2S/c1-10-6-7-14(12(15)9-10)20(18,19)17-11(2)13-5-3-4-8-16-13/h3-9,11,17H,15H2,1-2H3. The van der Waals surface area contributed by atoms with Gasteiger partial charge in [0.1, 0.15) is 4.90 Å². The van der Waals surface area contributed by atoms with Gasteiger partial charge in [-0.1, -0.05) is 12.1 Å². The molecule has 1 unspecified atom stereocenters. The lowest BCUT2D eigenvalue weighted by Crippen LogP contribution is -2.28. The Morgan fingerprint density at radius 3 is 2.60 bits per heavy atom. The van der Waals surface area contributed by atoms with E-state index in [1.807, 2.05) is 13.0 Å². The van der Waals surface area contributed by atoms with Crippen molar-refractivity contribution in [3.63, 3.8) is 0 Å². The molecule has 0 saturated heterocycles. The number of nitrogens with one attached hydrogen (secondary N) is 1. The molecule has 1 aromatic carbocycles. The Morgan fingerprint density at radius 1 is 1.25 bits per heavy atom. The van der Waals surface area contributed by atoms with Crippen molar-refractivity contribution in [2.45, 2.75) is 24.8 Å². The lowest BCUT2D eigenvalue weighted by molar-refractivity contribution is 0.564. The fraction of sp³-hybridized carbons (Fsp3) is 0.214. The molecule has 1 aromatic heterocycles. The molecule has 0 radical (unpaired) electrons. The highest BCUT2D eigenvalue weighted by Gasteiger charge is 2.21. The molecule has 0 saturated carbocycles. The van der Waals surface area contributed by atoms with E-state index in [4.69, 9.17) is 5.73 Å². The van der Waals surface area contributed by atoms with Crippen LogP contribution in [0.1, 0.15) is 24.2 Å². The van der Waals surface area contributed by atoms with Gasteiger partial charge in [-0.15, -0.1) is 0 Å². The summed E-state index contributed by atoms with van der Waals surface area (Å²) in [6.07, 6.45) is 1.63. The second kappa shape index (κ2) is 5.60. The van der Waals surface area contributed by atoms with Gasteiger partial charge in [0.25, 0.3) is 0 Å². The van der Waals surface area contributed by atoms with Crippen LogP contribution in [0.4, 0.5) is 5.69 Å². The summed E-state index contributed by atoms with van der Waals surface area (Å²) in [5.41, 5.74) is 7.60. The quantitative estimate of drug-likeness (QED) is 0.844. The minimum atomic E-state index is -3.67. The lowest BCUT2D eigenvalue weighted by atomic mass is 10.2. The SMILES string of the molecule is Cc1ccc(S(=O)(=O)NC(C)c2ccccn2)c(N)c1. The highest BCUT2D eigenvalue weighted by Crippen LogP contribution is 2.21. The average Bonchev–Trinajstić information content (AvgIpc) is 2.38. The van der Waals surface area contributed by atoms with Gasteiger partial charge in [0.15, 0.2) is 0 Å². The maximum absolute atomic E-state index is 12.3. The highest BCUT2D eigenvalue weighted by molar-refractivity contribution is 7.89. The first-order valence-corrected chi connectivity index (χ1v) is 7.68. The van der Waals surface area contributed by atoms with Gasteiger partial charge in [-0.3, -0.25) is 4.98 Å². The van der Waals surface area contributed by atoms with E-state index in [2.05, 4.69) is 9.71 Å². The van der Waals surface area contributed by atoms with E-state index in [1.165, 1.54) is 6.07 Å². The van der Waals surface area contributed by atoms with E-state index < -0.39 is 16.1 Å². The van der Waals surface area contributed by atoms with Crippen molar-refractivity contribution in [1.29, 1.82) is 0 Å². The van der Waals surface area contributed by atoms with E-state index in [0.29, 0.717) is 5.69 Å². The van der Waals surface area contributed by atoms with Crippen LogP contribution in [0.3, 0.4) is 0 Å². The third-order valence-electron chi connectivity index (χ3n) is 2.92. The van der Waals surface area contributed by atoms with Gasteiger partial charge >= 0.3 is 0 Å². The number of hydrogen-bond donors (Lipinski definition) is 2. The number of aromatic nitrogens is 1. The van der Waals surface area contributed by atoms with E-state index in [0.717, 1.165) is 5.56 Å². The first-order valence-electron chi connectivity index (χ1n) is 6.19. The van der Waals surface area contributed by atoms with Gasteiger partial charge in [-0.2, -0.15) is 0 Å². The second-order valence-corrected chi connectivity index (χ2v) is 6.32. The summed E-state index contributed by atoms with van der Waals surface area (Å²) in [5.74, 6) is 0. The predicted molar refractivity (Wildman–Crippen MR) is 78.6 cm³/mol. The van der Waals surface area contributed by atoms with E-state index in [-0.39, 0.29) is 10.6 Å². The average molecular weight is 291 g/mol. The van der Waals surface area contributed by atoms with Crippen molar-refractivity contribution < 1.29 is 8.42 Å². The molecule has 0 spiro atoms. The first-order chi connectivity index (χ1) is 9.40. The van der Waals surface area contributed by atoms with Crippen molar-refractivity contribution in [2.24, 2.45) is 0 Å². The number of anilines is 1. The van der Waals surface area contributed by atoms with Crippen LogP contribution < -0.4 is 10.5 Å². The topological polar surface area (TPSA) is 85.1 Å². The number of aryl methyl sites for hydroxylation is 1. The van der Waals surface area contributed by atoms with Crippen LogP contribution in [-0.4, -0.2) is 13.4 Å². The molecular formula is C14H17N3O2S. The summed E-state index contributed by atoms with van der Waals surface area (Å²) in [4.78, 5) is 4.22. The Kier molecular flexibility index (Phi) is 4.06. The summed E-state index contributed by atoms with van der Waals surface area (Å²) in [6.45, 7) is 3.60. The number of benzene rings is 1. The summed E-state index contributed by atoms with van der Waals surface area (Å²) in [5, 5.41) is 0. The maximum Gasteiger partial charge on any atom is 0.243 e. The Labute approximate surface area is 118 Å². The zero-order valence-corrected chi connectivity index (χ0v) is 12.2. The van der Waals surface area contributed by atoms with E-state index in [9.17, 15) is 8.42 Å². The molecule has 0 fully saturated rings. The van der Waals surface area contributed by atoms with Crippen LogP contribution in [-0.2, 0) is 10.0 Å². The smallest absolute Gasteiger partial charge is 0.243 e. The molecule has 0 bridgehead atoms. The Balaban J connectivity index is 2.28. The van der Waals surface area contributed by atoms with Gasteiger partial charge in [0.05, 0.1) is 17.4 Å². The van der Waals surface area contributed by atoms with Crippen LogP contribution in [0.25, 0.3) is 0 Å². The van der Waals surface area contributed by atoms with Crippen LogP contribution in [0.5, 0.6) is 0 Å². The van der Waals surface area contributed by atoms with E-state index in [1.54, 1.807) is 37.4 Å². The number of nitrogens with two attached hydrogens (primary N) is 1. The third-order valence-corrected chi connectivity index (χ3v) is 4.53. The number of rotatable bonds is 4. The zero-order chi connectivity index (χ0) is 14.8. The molecule has 0 amide bonds. The number of nitrogen functional groups attached to an aromatic ring is 1. The normalized spacial score (nSPS) is 13.1. The molecule has 3 N–H and O–H groups in total. The molecule has 6 heteroatoms. The van der Waals surface area contributed by atoms with Crippen molar-refractivity contribution in [3.8, 4) is 0 Å². The Morgan fingerprint density at radius 2 is 2.00 bits per heavy atom. The maximum atomic E-state index is 12.3. The second-order valence-electron chi connectivity index (χ2n) is 4.64. The largest absolute Gasteiger partial charge is 0.398 e. The van der Waals surface area contributed by atoms with Crippen molar-refractivity contribution in [3.05, 3.63) is 53.9 Å². The monoisotopic (exact) mass is 291 g/mol. The van der Waals surface area contributed by atoms with Crippen molar-refractivity contribution in [2.75, 3.05) is 5.73 Å². The van der Waals surface area contributed by atoms with Gasteiger partial charge in [0, 0.05) is 6.20 Å². The minimum Gasteiger partial charge on any atom is -0.398 e. The molecule has 2 aromatic rings. The van der Waals surface area contributed by atoms with Crippen LogP contribution in [0, 0.1) is 6.92 Å². The lowest BCUT2D eigenvalue weighted by Gasteiger charge is -2.15. The molecule has 2 rings (SSSR count). The van der Waals surface area contributed by atoms with Crippen LogP contribution >= 0.6 is 0 Å². The number of nitrogens with zero attached hydrogens (tertiary/aromatic N) is 1. The molecule has 5 nitrogen and oxygen atoms in total. The highest BCUT2D eigenvalue weighted by atomic mass is 32.2. The summed E-state index contributed by atoms with van der Waals surface area (Å²) in [7, 11) is -3.67. The molecule has 1 atom stereocenters. The van der Waals surface area contributed by atoms with Gasteiger partial charge < -0.3 is 5.73 Å². The van der Waals surface area contributed by atoms with Gasteiger partial charge in [0.2, 0.25) is 10.0 Å². The fourth-order valence-corrected chi connectivity index (χ4v) is 3.23. The number of pyridine rings is 1. The number of sulfonamides is 1. The predicted octanol–water partition coefficient (Wildman–Crippen LogP) is 2.01. The molecule has 0 aliphatic carbocycles.